The van der Waals surface area contributed by atoms with Crippen molar-refractivity contribution in [2.24, 2.45) is 0 Å². The third-order valence-electron chi connectivity index (χ3n) is 4.03. The van der Waals surface area contributed by atoms with E-state index in [1.807, 2.05) is 11.5 Å². The molecule has 3 rings (SSSR count). The minimum Gasteiger partial charge on any atom is -0.497 e. The van der Waals surface area contributed by atoms with E-state index in [4.69, 9.17) is 4.74 Å². The first-order valence-corrected chi connectivity index (χ1v) is 9.93. The molecule has 0 aliphatic rings. The summed E-state index contributed by atoms with van der Waals surface area (Å²) in [6, 6.07) is 13.8. The number of nitrogens with zero attached hydrogens (tertiary/aromatic N) is 3. The van der Waals surface area contributed by atoms with Crippen LogP contribution in [0, 0.1) is 0 Å². The molecule has 0 fully saturated rings. The number of hydrogen-bond acceptors (Lipinski definition) is 6. The van der Waals surface area contributed by atoms with Gasteiger partial charge in [-0.3, -0.25) is 9.59 Å². The second-order valence-electron chi connectivity index (χ2n) is 6.00. The Morgan fingerprint density at radius 2 is 1.69 bits per heavy atom. The molecule has 8 nitrogen and oxygen atoms in total. The molecule has 3 aromatic rings. The van der Waals surface area contributed by atoms with Crippen LogP contribution in [0.1, 0.15) is 17.3 Å². The van der Waals surface area contributed by atoms with Gasteiger partial charge < -0.3 is 19.9 Å². The number of aryl methyl sites for hydroxylation is 1. The van der Waals surface area contributed by atoms with Crippen LogP contribution in [-0.4, -0.2) is 39.4 Å². The van der Waals surface area contributed by atoms with Gasteiger partial charge in [0.25, 0.3) is 5.91 Å². The monoisotopic (exact) mass is 411 g/mol. The summed E-state index contributed by atoms with van der Waals surface area (Å²) in [6.07, 6.45) is 1.63. The second-order valence-corrected chi connectivity index (χ2v) is 6.94. The van der Waals surface area contributed by atoms with Crippen LogP contribution in [0.15, 0.2) is 60.0 Å². The molecule has 0 radical (unpaired) electrons. The number of methoxy groups -OCH3 is 1. The van der Waals surface area contributed by atoms with E-state index in [-0.39, 0.29) is 17.6 Å². The summed E-state index contributed by atoms with van der Waals surface area (Å²) < 4.78 is 6.97. The van der Waals surface area contributed by atoms with Crippen LogP contribution < -0.4 is 15.4 Å². The zero-order valence-electron chi connectivity index (χ0n) is 16.1. The summed E-state index contributed by atoms with van der Waals surface area (Å²) in [4.78, 5) is 24.5. The van der Waals surface area contributed by atoms with Crippen LogP contribution in [0.3, 0.4) is 0 Å². The number of carbonyl (C=O) groups is 2. The molecule has 2 N–H and O–H groups in total. The van der Waals surface area contributed by atoms with E-state index in [0.717, 1.165) is 12.3 Å². The van der Waals surface area contributed by atoms with Crippen LogP contribution in [0.4, 0.5) is 11.4 Å². The van der Waals surface area contributed by atoms with E-state index in [0.29, 0.717) is 22.1 Å². The molecule has 0 aliphatic carbocycles. The van der Waals surface area contributed by atoms with Crippen molar-refractivity contribution in [2.45, 2.75) is 18.6 Å². The maximum absolute atomic E-state index is 12.3. The highest BCUT2D eigenvalue weighted by atomic mass is 32.2. The average molecular weight is 411 g/mol. The van der Waals surface area contributed by atoms with Crippen molar-refractivity contribution < 1.29 is 14.3 Å². The molecule has 2 amide bonds. The van der Waals surface area contributed by atoms with Gasteiger partial charge in [-0.25, -0.2) is 0 Å². The van der Waals surface area contributed by atoms with Crippen molar-refractivity contribution in [3.8, 4) is 5.75 Å². The molecule has 0 atom stereocenters. The number of rotatable bonds is 8. The molecule has 0 unspecified atom stereocenters. The van der Waals surface area contributed by atoms with Gasteiger partial charge in [0, 0.05) is 23.5 Å². The van der Waals surface area contributed by atoms with E-state index in [2.05, 4.69) is 20.8 Å². The highest BCUT2D eigenvalue weighted by Crippen LogP contribution is 2.18. The van der Waals surface area contributed by atoms with Gasteiger partial charge in [-0.15, -0.1) is 10.2 Å². The number of amides is 2. The quantitative estimate of drug-likeness (QED) is 0.552. The van der Waals surface area contributed by atoms with Gasteiger partial charge in [0.05, 0.1) is 12.9 Å². The number of hydrogen-bond donors (Lipinski definition) is 2. The van der Waals surface area contributed by atoms with Crippen LogP contribution in [0.5, 0.6) is 5.75 Å². The normalized spacial score (nSPS) is 10.4. The first kappa shape index (κ1) is 20.4. The fourth-order valence-electron chi connectivity index (χ4n) is 2.48. The molecule has 150 valence electrons. The van der Waals surface area contributed by atoms with E-state index in [9.17, 15) is 9.59 Å². The summed E-state index contributed by atoms with van der Waals surface area (Å²) in [5.41, 5.74) is 1.78. The molecule has 0 spiro atoms. The Labute approximate surface area is 172 Å². The summed E-state index contributed by atoms with van der Waals surface area (Å²) in [5.74, 6) is 0.549. The standard InChI is InChI=1S/C20H21N5O3S/c1-3-25-13-21-24-20(25)29-12-18(26)22-15-6-4-14(5-7-15)19(27)23-16-8-10-17(28-2)11-9-16/h4-11,13H,3,12H2,1-2H3,(H,22,26)(H,23,27). The summed E-state index contributed by atoms with van der Waals surface area (Å²) in [6.45, 7) is 2.73. The van der Waals surface area contributed by atoms with Crippen LogP contribution in [0.25, 0.3) is 0 Å². The van der Waals surface area contributed by atoms with Crippen LogP contribution >= 0.6 is 11.8 Å². The van der Waals surface area contributed by atoms with Crippen molar-refractivity contribution in [1.82, 2.24) is 14.8 Å². The van der Waals surface area contributed by atoms with E-state index >= 15 is 0 Å². The lowest BCUT2D eigenvalue weighted by Gasteiger charge is -2.08. The lowest BCUT2D eigenvalue weighted by Crippen LogP contribution is -2.15. The van der Waals surface area contributed by atoms with Gasteiger partial charge in [0.2, 0.25) is 5.91 Å². The number of nitrogens with one attached hydrogen (secondary N) is 2. The smallest absolute Gasteiger partial charge is 0.255 e. The summed E-state index contributed by atoms with van der Waals surface area (Å²) >= 11 is 1.32. The van der Waals surface area contributed by atoms with Crippen molar-refractivity contribution in [2.75, 3.05) is 23.5 Å². The molecule has 0 aliphatic heterocycles. The number of benzene rings is 2. The second kappa shape index (κ2) is 9.74. The Bertz CT molecular complexity index is 971. The van der Waals surface area contributed by atoms with Crippen LogP contribution in [-0.2, 0) is 11.3 Å². The fourth-order valence-corrected chi connectivity index (χ4v) is 3.26. The Kier molecular flexibility index (Phi) is 6.85. The zero-order valence-corrected chi connectivity index (χ0v) is 16.9. The highest BCUT2D eigenvalue weighted by Gasteiger charge is 2.10. The molecular weight excluding hydrogens is 390 g/mol. The van der Waals surface area contributed by atoms with Gasteiger partial charge in [-0.1, -0.05) is 11.8 Å². The van der Waals surface area contributed by atoms with Crippen LogP contribution in [0.2, 0.25) is 0 Å². The van der Waals surface area contributed by atoms with E-state index < -0.39 is 0 Å². The lowest BCUT2D eigenvalue weighted by molar-refractivity contribution is -0.113. The average Bonchev–Trinajstić information content (AvgIpc) is 3.21. The minimum absolute atomic E-state index is 0.156. The topological polar surface area (TPSA) is 98.1 Å². The van der Waals surface area contributed by atoms with Crippen molar-refractivity contribution in [1.29, 1.82) is 0 Å². The molecule has 0 bridgehead atoms. The number of ether oxygens (including phenoxy) is 1. The molecule has 0 saturated carbocycles. The summed E-state index contributed by atoms with van der Waals surface area (Å²) in [7, 11) is 1.59. The molecule has 29 heavy (non-hydrogen) atoms. The van der Waals surface area contributed by atoms with Crippen molar-refractivity contribution >= 4 is 35.0 Å². The number of aromatic nitrogens is 3. The Morgan fingerprint density at radius 3 is 2.34 bits per heavy atom. The third-order valence-corrected chi connectivity index (χ3v) is 5.01. The Hall–Kier alpha value is -3.33. The van der Waals surface area contributed by atoms with E-state index in [1.54, 1.807) is 62.0 Å². The van der Waals surface area contributed by atoms with Gasteiger partial charge in [0.15, 0.2) is 5.16 Å². The molecule has 1 aromatic heterocycles. The molecule has 1 heterocycles. The number of anilines is 2. The van der Waals surface area contributed by atoms with Crippen molar-refractivity contribution in [3.63, 3.8) is 0 Å². The first-order valence-electron chi connectivity index (χ1n) is 8.95. The number of carbonyl (C=O) groups excluding carboxylic acids is 2. The summed E-state index contributed by atoms with van der Waals surface area (Å²) in [5, 5.41) is 14.1. The predicted octanol–water partition coefficient (Wildman–Crippen LogP) is 3.29. The third kappa shape index (κ3) is 5.58. The van der Waals surface area contributed by atoms with Gasteiger partial charge in [-0.2, -0.15) is 0 Å². The largest absolute Gasteiger partial charge is 0.497 e. The van der Waals surface area contributed by atoms with Gasteiger partial charge in [-0.05, 0) is 55.5 Å². The number of thioether (sulfide) groups is 1. The predicted molar refractivity (Wildman–Crippen MR) is 112 cm³/mol. The zero-order chi connectivity index (χ0) is 20.6. The fraction of sp³-hybridized carbons (Fsp3) is 0.200. The Balaban J connectivity index is 1.52. The van der Waals surface area contributed by atoms with Gasteiger partial charge >= 0.3 is 0 Å². The maximum Gasteiger partial charge on any atom is 0.255 e. The molecule has 0 saturated heterocycles. The molecule has 2 aromatic carbocycles. The van der Waals surface area contributed by atoms with E-state index in [1.165, 1.54) is 11.8 Å². The minimum atomic E-state index is -0.234. The first-order chi connectivity index (χ1) is 14.1. The SMILES string of the molecule is CCn1cnnc1SCC(=O)Nc1ccc(C(=O)Nc2ccc(OC)cc2)cc1. The van der Waals surface area contributed by atoms with Gasteiger partial charge in [0.1, 0.15) is 12.1 Å². The highest BCUT2D eigenvalue weighted by molar-refractivity contribution is 7.99. The maximum atomic E-state index is 12.3. The molecular formula is C20H21N5O3S. The lowest BCUT2D eigenvalue weighted by atomic mass is 10.2. The molecule has 9 heteroatoms. The van der Waals surface area contributed by atoms with Crippen molar-refractivity contribution in [3.05, 3.63) is 60.4 Å². The Morgan fingerprint density at radius 1 is 1.03 bits per heavy atom.